The minimum atomic E-state index is -0.953. The van der Waals surface area contributed by atoms with Crippen LogP contribution in [0.3, 0.4) is 0 Å². The maximum absolute atomic E-state index is 11.9. The molecular weight excluding hydrogens is 262 g/mol. The highest BCUT2D eigenvalue weighted by Gasteiger charge is 2.22. The number of rotatable bonds is 8. The van der Waals surface area contributed by atoms with E-state index in [4.69, 9.17) is 19.9 Å². The second kappa shape index (κ2) is 9.06. The van der Waals surface area contributed by atoms with Crippen molar-refractivity contribution in [2.75, 3.05) is 19.8 Å². The highest BCUT2D eigenvalue weighted by molar-refractivity contribution is 5.75. The van der Waals surface area contributed by atoms with Gasteiger partial charge in [-0.1, -0.05) is 30.3 Å². The van der Waals surface area contributed by atoms with E-state index in [1.54, 1.807) is 0 Å². The van der Waals surface area contributed by atoms with E-state index in [9.17, 15) is 9.59 Å². The molecule has 0 radical (unpaired) electrons. The average molecular weight is 281 g/mol. The standard InChI is InChI=1S/C14H19NO5/c1-11(16)19-10-13(18-8-7-15)14(17)20-9-12-5-3-2-4-6-12/h2-6,13H,7-10,15H2,1H3. The van der Waals surface area contributed by atoms with Crippen LogP contribution in [0.2, 0.25) is 0 Å². The number of benzene rings is 1. The molecule has 1 aromatic rings. The van der Waals surface area contributed by atoms with Crippen molar-refractivity contribution in [1.82, 2.24) is 0 Å². The second-order valence-electron chi connectivity index (χ2n) is 4.04. The van der Waals surface area contributed by atoms with Gasteiger partial charge in [0, 0.05) is 13.5 Å². The van der Waals surface area contributed by atoms with Crippen molar-refractivity contribution in [3.63, 3.8) is 0 Å². The summed E-state index contributed by atoms with van der Waals surface area (Å²) >= 11 is 0. The van der Waals surface area contributed by atoms with Gasteiger partial charge in [0.1, 0.15) is 13.2 Å². The number of nitrogens with two attached hydrogens (primary N) is 1. The van der Waals surface area contributed by atoms with E-state index in [1.165, 1.54) is 6.92 Å². The summed E-state index contributed by atoms with van der Waals surface area (Å²) in [5, 5.41) is 0. The van der Waals surface area contributed by atoms with Crippen molar-refractivity contribution in [1.29, 1.82) is 0 Å². The van der Waals surface area contributed by atoms with Gasteiger partial charge in [0.2, 0.25) is 0 Å². The van der Waals surface area contributed by atoms with Gasteiger partial charge in [-0.3, -0.25) is 4.79 Å². The molecule has 110 valence electrons. The molecule has 6 nitrogen and oxygen atoms in total. The monoisotopic (exact) mass is 281 g/mol. The molecule has 0 aromatic heterocycles. The van der Waals surface area contributed by atoms with Gasteiger partial charge in [-0.05, 0) is 5.56 Å². The molecule has 0 aliphatic rings. The van der Waals surface area contributed by atoms with Crippen molar-refractivity contribution in [3.05, 3.63) is 35.9 Å². The third kappa shape index (κ3) is 6.31. The lowest BCUT2D eigenvalue weighted by molar-refractivity contribution is -0.165. The van der Waals surface area contributed by atoms with Crippen LogP contribution in [0.1, 0.15) is 12.5 Å². The molecule has 6 heteroatoms. The number of carbonyl (C=O) groups excluding carboxylic acids is 2. The van der Waals surface area contributed by atoms with Crippen LogP contribution in [0.25, 0.3) is 0 Å². The zero-order chi connectivity index (χ0) is 14.8. The van der Waals surface area contributed by atoms with E-state index in [0.29, 0.717) is 0 Å². The van der Waals surface area contributed by atoms with Gasteiger partial charge < -0.3 is 19.9 Å². The Hall–Kier alpha value is -1.92. The minimum Gasteiger partial charge on any atom is -0.462 e. The number of esters is 2. The summed E-state index contributed by atoms with van der Waals surface area (Å²) in [6.07, 6.45) is -0.953. The predicted molar refractivity (Wildman–Crippen MR) is 71.7 cm³/mol. The van der Waals surface area contributed by atoms with Crippen molar-refractivity contribution >= 4 is 11.9 Å². The topological polar surface area (TPSA) is 87.9 Å². The first-order chi connectivity index (χ1) is 9.63. The van der Waals surface area contributed by atoms with Gasteiger partial charge in [-0.2, -0.15) is 0 Å². The molecule has 20 heavy (non-hydrogen) atoms. The Kier molecular flexibility index (Phi) is 7.31. The van der Waals surface area contributed by atoms with E-state index in [0.717, 1.165) is 5.56 Å². The maximum Gasteiger partial charge on any atom is 0.339 e. The number of hydrogen-bond donors (Lipinski definition) is 1. The van der Waals surface area contributed by atoms with E-state index in [-0.39, 0.29) is 26.4 Å². The SMILES string of the molecule is CC(=O)OCC(OCCN)C(=O)OCc1ccccc1. The average Bonchev–Trinajstić information content (AvgIpc) is 2.45. The lowest BCUT2D eigenvalue weighted by atomic mass is 10.2. The highest BCUT2D eigenvalue weighted by atomic mass is 16.6. The fraction of sp³-hybridized carbons (Fsp3) is 0.429. The Labute approximate surface area is 117 Å². The van der Waals surface area contributed by atoms with Gasteiger partial charge >= 0.3 is 11.9 Å². The van der Waals surface area contributed by atoms with Gasteiger partial charge in [0.25, 0.3) is 0 Å². The van der Waals surface area contributed by atoms with Crippen molar-refractivity contribution in [2.45, 2.75) is 19.6 Å². The van der Waals surface area contributed by atoms with Crippen LogP contribution in [0, 0.1) is 0 Å². The summed E-state index contributed by atoms with van der Waals surface area (Å²) in [5.74, 6) is -1.06. The van der Waals surface area contributed by atoms with Crippen molar-refractivity contribution in [2.24, 2.45) is 5.73 Å². The second-order valence-corrected chi connectivity index (χ2v) is 4.04. The zero-order valence-electron chi connectivity index (χ0n) is 11.4. The maximum atomic E-state index is 11.9. The lowest BCUT2D eigenvalue weighted by Crippen LogP contribution is -2.33. The lowest BCUT2D eigenvalue weighted by Gasteiger charge is -2.16. The van der Waals surface area contributed by atoms with Crippen LogP contribution in [0.15, 0.2) is 30.3 Å². The minimum absolute atomic E-state index is 0.141. The molecule has 0 saturated heterocycles. The summed E-state index contributed by atoms with van der Waals surface area (Å²) in [4.78, 5) is 22.6. The van der Waals surface area contributed by atoms with Crippen LogP contribution in [-0.4, -0.2) is 37.8 Å². The van der Waals surface area contributed by atoms with Gasteiger partial charge in [-0.15, -0.1) is 0 Å². The van der Waals surface area contributed by atoms with E-state index >= 15 is 0 Å². The largest absolute Gasteiger partial charge is 0.462 e. The molecule has 0 aliphatic heterocycles. The van der Waals surface area contributed by atoms with E-state index in [1.807, 2.05) is 30.3 Å². The molecule has 2 N–H and O–H groups in total. The van der Waals surface area contributed by atoms with Crippen LogP contribution in [0.5, 0.6) is 0 Å². The molecule has 1 atom stereocenters. The Bertz CT molecular complexity index is 421. The van der Waals surface area contributed by atoms with Gasteiger partial charge in [0.05, 0.1) is 6.61 Å². The van der Waals surface area contributed by atoms with Crippen LogP contribution in [-0.2, 0) is 30.4 Å². The molecule has 0 saturated carbocycles. The van der Waals surface area contributed by atoms with Crippen LogP contribution < -0.4 is 5.73 Å². The molecule has 1 rings (SSSR count). The normalized spacial score (nSPS) is 11.7. The van der Waals surface area contributed by atoms with Crippen molar-refractivity contribution < 1.29 is 23.8 Å². The molecule has 0 bridgehead atoms. The first-order valence-electron chi connectivity index (χ1n) is 6.29. The molecule has 0 amide bonds. The third-order valence-corrected chi connectivity index (χ3v) is 2.36. The summed E-state index contributed by atoms with van der Waals surface area (Å²) < 4.78 is 15.1. The zero-order valence-corrected chi connectivity index (χ0v) is 11.4. The number of carbonyl (C=O) groups is 2. The fourth-order valence-corrected chi connectivity index (χ4v) is 1.41. The quantitative estimate of drug-likeness (QED) is 0.703. The Morgan fingerprint density at radius 3 is 2.50 bits per heavy atom. The fourth-order valence-electron chi connectivity index (χ4n) is 1.41. The number of hydrogen-bond acceptors (Lipinski definition) is 6. The molecule has 0 heterocycles. The third-order valence-electron chi connectivity index (χ3n) is 2.36. The van der Waals surface area contributed by atoms with Gasteiger partial charge in [-0.25, -0.2) is 4.79 Å². The van der Waals surface area contributed by atoms with Crippen LogP contribution >= 0.6 is 0 Å². The summed E-state index contributed by atoms with van der Waals surface area (Å²) in [6.45, 7) is 1.68. The predicted octanol–water partition coefficient (Wildman–Crippen LogP) is 0.637. The van der Waals surface area contributed by atoms with E-state index < -0.39 is 18.0 Å². The molecule has 0 fully saturated rings. The molecule has 1 aromatic carbocycles. The first kappa shape index (κ1) is 16.1. The van der Waals surface area contributed by atoms with E-state index in [2.05, 4.69) is 0 Å². The summed E-state index contributed by atoms with van der Waals surface area (Å²) in [5.41, 5.74) is 6.18. The van der Waals surface area contributed by atoms with Crippen LogP contribution in [0.4, 0.5) is 0 Å². The molecule has 0 aliphatic carbocycles. The molecule has 1 unspecified atom stereocenters. The summed E-state index contributed by atoms with van der Waals surface area (Å²) in [7, 11) is 0. The summed E-state index contributed by atoms with van der Waals surface area (Å²) in [6, 6.07) is 9.26. The highest BCUT2D eigenvalue weighted by Crippen LogP contribution is 2.04. The molecular formula is C14H19NO5. The smallest absolute Gasteiger partial charge is 0.339 e. The number of ether oxygens (including phenoxy) is 3. The Balaban J connectivity index is 2.46. The van der Waals surface area contributed by atoms with Crippen molar-refractivity contribution in [3.8, 4) is 0 Å². The Morgan fingerprint density at radius 1 is 1.20 bits per heavy atom. The van der Waals surface area contributed by atoms with Gasteiger partial charge in [0.15, 0.2) is 6.10 Å². The first-order valence-corrected chi connectivity index (χ1v) is 6.29. The molecule has 0 spiro atoms. The Morgan fingerprint density at radius 2 is 1.90 bits per heavy atom.